The maximum atomic E-state index is 13.0. The van der Waals surface area contributed by atoms with Gasteiger partial charge in [-0.05, 0) is 51.0 Å². The molecule has 2 saturated heterocycles. The molecule has 2 aliphatic heterocycles. The SMILES string of the molecule is CC.CC(OC(=O)C1CCC2SC2C1)(c1ccccc1)C1CCC2SC2C1. The lowest BCUT2D eigenvalue weighted by Gasteiger charge is -2.40. The van der Waals surface area contributed by atoms with Crippen molar-refractivity contribution in [1.82, 2.24) is 0 Å². The maximum Gasteiger partial charge on any atom is 0.309 e. The molecule has 0 amide bonds. The second-order valence-electron chi connectivity index (χ2n) is 8.34. The number of fused-ring (bicyclic) bond motifs is 2. The fraction of sp³-hybridized carbons (Fsp3) is 0.696. The molecule has 27 heavy (non-hydrogen) atoms. The largest absolute Gasteiger partial charge is 0.454 e. The van der Waals surface area contributed by atoms with E-state index in [-0.39, 0.29) is 11.9 Å². The van der Waals surface area contributed by atoms with Gasteiger partial charge in [0, 0.05) is 26.9 Å². The van der Waals surface area contributed by atoms with Crippen LogP contribution in [0.3, 0.4) is 0 Å². The lowest BCUT2D eigenvalue weighted by atomic mass is 9.74. The Morgan fingerprint density at radius 3 is 2.19 bits per heavy atom. The first kappa shape index (κ1) is 19.7. The molecule has 4 fully saturated rings. The van der Waals surface area contributed by atoms with E-state index >= 15 is 0 Å². The van der Waals surface area contributed by atoms with Gasteiger partial charge in [0.2, 0.25) is 0 Å². The summed E-state index contributed by atoms with van der Waals surface area (Å²) in [5, 5.41) is 3.26. The van der Waals surface area contributed by atoms with E-state index in [1.165, 1.54) is 31.2 Å². The van der Waals surface area contributed by atoms with Crippen molar-refractivity contribution in [2.45, 2.75) is 85.9 Å². The van der Waals surface area contributed by atoms with Gasteiger partial charge in [0.25, 0.3) is 0 Å². The predicted molar refractivity (Wildman–Crippen MR) is 116 cm³/mol. The molecular weight excluding hydrogens is 372 g/mol. The Morgan fingerprint density at radius 1 is 0.926 bits per heavy atom. The van der Waals surface area contributed by atoms with E-state index in [1.807, 2.05) is 19.9 Å². The van der Waals surface area contributed by atoms with E-state index in [0.717, 1.165) is 33.8 Å². The van der Waals surface area contributed by atoms with Crippen molar-refractivity contribution in [3.8, 4) is 0 Å². The van der Waals surface area contributed by atoms with Crippen molar-refractivity contribution in [2.75, 3.05) is 0 Å². The van der Waals surface area contributed by atoms with Crippen molar-refractivity contribution in [3.05, 3.63) is 35.9 Å². The molecule has 4 heteroatoms. The number of carbonyl (C=O) groups excluding carboxylic acids is 1. The fourth-order valence-electron chi connectivity index (χ4n) is 4.96. The monoisotopic (exact) mass is 404 g/mol. The Balaban J connectivity index is 0.000000872. The number of benzene rings is 1. The van der Waals surface area contributed by atoms with Crippen molar-refractivity contribution in [3.63, 3.8) is 0 Å². The zero-order valence-corrected chi connectivity index (χ0v) is 18.4. The Bertz CT molecular complexity index is 664. The van der Waals surface area contributed by atoms with Gasteiger partial charge in [-0.1, -0.05) is 44.2 Å². The minimum Gasteiger partial charge on any atom is -0.454 e. The van der Waals surface area contributed by atoms with Gasteiger partial charge in [0.15, 0.2) is 0 Å². The smallest absolute Gasteiger partial charge is 0.309 e. The third kappa shape index (κ3) is 4.07. The lowest BCUT2D eigenvalue weighted by Crippen LogP contribution is -2.41. The van der Waals surface area contributed by atoms with E-state index in [9.17, 15) is 4.79 Å². The van der Waals surface area contributed by atoms with E-state index in [0.29, 0.717) is 5.92 Å². The normalized spacial score (nSPS) is 38.2. The molecule has 0 bridgehead atoms. The van der Waals surface area contributed by atoms with Crippen LogP contribution in [0, 0.1) is 11.8 Å². The Morgan fingerprint density at radius 2 is 1.56 bits per heavy atom. The molecule has 2 nitrogen and oxygen atoms in total. The van der Waals surface area contributed by atoms with Crippen molar-refractivity contribution in [2.24, 2.45) is 11.8 Å². The first-order valence-electron chi connectivity index (χ1n) is 10.7. The highest BCUT2D eigenvalue weighted by molar-refractivity contribution is 8.07. The summed E-state index contributed by atoms with van der Waals surface area (Å²) < 4.78 is 6.38. The molecule has 0 spiro atoms. The van der Waals surface area contributed by atoms with Crippen molar-refractivity contribution in [1.29, 1.82) is 0 Å². The zero-order chi connectivity index (χ0) is 19.0. The highest BCUT2D eigenvalue weighted by Crippen LogP contribution is 2.57. The van der Waals surface area contributed by atoms with Gasteiger partial charge in [-0.2, -0.15) is 23.5 Å². The topological polar surface area (TPSA) is 26.3 Å². The average molecular weight is 405 g/mol. The quantitative estimate of drug-likeness (QED) is 0.451. The van der Waals surface area contributed by atoms with Gasteiger partial charge in [-0.3, -0.25) is 4.79 Å². The van der Waals surface area contributed by atoms with Crippen LogP contribution < -0.4 is 0 Å². The first-order chi connectivity index (χ1) is 13.1. The van der Waals surface area contributed by atoms with E-state index < -0.39 is 5.60 Å². The molecule has 4 aliphatic rings. The molecular formula is C23H32O2S2. The molecule has 0 radical (unpaired) electrons. The Hall–Kier alpha value is -0.610. The van der Waals surface area contributed by atoms with Crippen LogP contribution in [0.1, 0.15) is 64.9 Å². The molecule has 7 unspecified atom stereocenters. The molecule has 2 aliphatic carbocycles. The summed E-state index contributed by atoms with van der Waals surface area (Å²) in [4.78, 5) is 13.0. The number of esters is 1. The molecule has 5 rings (SSSR count). The van der Waals surface area contributed by atoms with Crippen LogP contribution in [-0.4, -0.2) is 27.0 Å². The summed E-state index contributed by atoms with van der Waals surface area (Å²) in [6, 6.07) is 10.5. The average Bonchev–Trinajstić information content (AvgIpc) is 3.63. The predicted octanol–water partition coefficient (Wildman–Crippen LogP) is 6.04. The summed E-state index contributed by atoms with van der Waals surface area (Å²) in [6.07, 6.45) is 6.90. The van der Waals surface area contributed by atoms with Gasteiger partial charge >= 0.3 is 5.97 Å². The first-order valence-corrected chi connectivity index (χ1v) is 12.6. The van der Waals surface area contributed by atoms with E-state index in [2.05, 4.69) is 54.7 Å². The van der Waals surface area contributed by atoms with Gasteiger partial charge in [0.05, 0.1) is 5.92 Å². The van der Waals surface area contributed by atoms with Crippen LogP contribution in [0.25, 0.3) is 0 Å². The molecule has 7 atom stereocenters. The maximum absolute atomic E-state index is 13.0. The third-order valence-corrected chi connectivity index (χ3v) is 9.72. The summed E-state index contributed by atoms with van der Waals surface area (Å²) in [7, 11) is 0. The summed E-state index contributed by atoms with van der Waals surface area (Å²) in [6.45, 7) is 6.18. The molecule has 0 N–H and O–H groups in total. The molecule has 0 aromatic heterocycles. The second kappa shape index (κ2) is 8.02. The standard InChI is InChI=1S/C21H26O2S2.C2H6/c1-21(14-5-3-2-4-6-14,15-8-10-17-19(12-15)25-17)23-20(22)13-7-9-16-18(11-13)24-16;1-2/h2-6,13,15-19H,7-12H2,1H3;1-2H3. The minimum atomic E-state index is -0.472. The second-order valence-corrected chi connectivity index (χ2v) is 11.3. The summed E-state index contributed by atoms with van der Waals surface area (Å²) in [5.74, 6) is 0.621. The number of ether oxygens (including phenoxy) is 1. The van der Waals surface area contributed by atoms with Crippen LogP contribution in [0.4, 0.5) is 0 Å². The summed E-state index contributed by atoms with van der Waals surface area (Å²) in [5.41, 5.74) is 0.701. The molecule has 2 saturated carbocycles. The number of carbonyl (C=O) groups is 1. The lowest BCUT2D eigenvalue weighted by molar-refractivity contribution is -0.173. The summed E-state index contributed by atoms with van der Waals surface area (Å²) >= 11 is 4.18. The highest BCUT2D eigenvalue weighted by Gasteiger charge is 2.52. The Kier molecular flexibility index (Phi) is 5.85. The number of hydrogen-bond donors (Lipinski definition) is 0. The third-order valence-electron chi connectivity index (χ3n) is 6.78. The van der Waals surface area contributed by atoms with Gasteiger partial charge < -0.3 is 4.74 Å². The molecule has 1 aromatic carbocycles. The molecule has 1 aromatic rings. The fourth-order valence-corrected chi connectivity index (χ4v) is 7.40. The Labute approximate surface area is 172 Å². The molecule has 2 heterocycles. The van der Waals surface area contributed by atoms with Crippen LogP contribution >= 0.6 is 23.5 Å². The van der Waals surface area contributed by atoms with Gasteiger partial charge in [-0.15, -0.1) is 0 Å². The van der Waals surface area contributed by atoms with Gasteiger partial charge in [-0.25, -0.2) is 0 Å². The zero-order valence-electron chi connectivity index (χ0n) is 16.7. The van der Waals surface area contributed by atoms with Crippen LogP contribution in [0.5, 0.6) is 0 Å². The van der Waals surface area contributed by atoms with E-state index in [1.54, 1.807) is 0 Å². The van der Waals surface area contributed by atoms with Crippen molar-refractivity contribution < 1.29 is 9.53 Å². The van der Waals surface area contributed by atoms with Crippen LogP contribution in [0.15, 0.2) is 30.3 Å². The number of rotatable bonds is 4. The van der Waals surface area contributed by atoms with Crippen molar-refractivity contribution >= 4 is 29.5 Å². The number of hydrogen-bond acceptors (Lipinski definition) is 4. The van der Waals surface area contributed by atoms with Gasteiger partial charge in [0.1, 0.15) is 5.60 Å². The minimum absolute atomic E-state index is 0.0582. The van der Waals surface area contributed by atoms with E-state index in [4.69, 9.17) is 4.74 Å². The highest BCUT2D eigenvalue weighted by atomic mass is 32.2. The molecule has 148 valence electrons. The number of thioether (sulfide) groups is 2. The van der Waals surface area contributed by atoms with Crippen LogP contribution in [-0.2, 0) is 15.1 Å². The van der Waals surface area contributed by atoms with Crippen LogP contribution in [0.2, 0.25) is 0 Å².